The molecule has 0 amide bonds. The van der Waals surface area contributed by atoms with E-state index in [-0.39, 0.29) is 5.60 Å². The van der Waals surface area contributed by atoms with E-state index >= 15 is 0 Å². The van der Waals surface area contributed by atoms with E-state index in [4.69, 9.17) is 4.74 Å². The van der Waals surface area contributed by atoms with E-state index in [1.165, 1.54) is 5.56 Å². The molecule has 20 heavy (non-hydrogen) atoms. The minimum Gasteiger partial charge on any atom is -0.474 e. The lowest BCUT2D eigenvalue weighted by Gasteiger charge is -2.28. The molecule has 112 valence electrons. The number of aromatic nitrogens is 1. The number of hydrogen-bond acceptors (Lipinski definition) is 5. The van der Waals surface area contributed by atoms with Crippen molar-refractivity contribution in [2.75, 3.05) is 25.1 Å². The average Bonchev–Trinajstić information content (AvgIpc) is 2.33. The molecule has 0 unspecified atom stereocenters. The summed E-state index contributed by atoms with van der Waals surface area (Å²) >= 11 is 3.46. The molecule has 0 aliphatic carbocycles. The van der Waals surface area contributed by atoms with Gasteiger partial charge in [0.2, 0.25) is 5.88 Å². The molecule has 0 fully saturated rings. The van der Waals surface area contributed by atoms with Gasteiger partial charge in [-0.25, -0.2) is 4.98 Å². The van der Waals surface area contributed by atoms with Gasteiger partial charge in [0, 0.05) is 17.7 Å². The number of ether oxygens (including phenoxy) is 2. The summed E-state index contributed by atoms with van der Waals surface area (Å²) in [5, 5.41) is 0. The van der Waals surface area contributed by atoms with Crippen molar-refractivity contribution < 1.29 is 14.3 Å². The van der Waals surface area contributed by atoms with Crippen molar-refractivity contribution in [3.8, 4) is 5.88 Å². The number of halogens is 1. The number of fused-ring (bicyclic) bond motifs is 1. The molecule has 1 aromatic heterocycles. The van der Waals surface area contributed by atoms with Crippen LogP contribution < -0.4 is 9.64 Å². The van der Waals surface area contributed by atoms with Gasteiger partial charge in [0.05, 0.1) is 6.54 Å². The van der Waals surface area contributed by atoms with Crippen LogP contribution in [0.5, 0.6) is 5.88 Å². The van der Waals surface area contributed by atoms with Crippen LogP contribution in [0.3, 0.4) is 0 Å². The molecule has 2 rings (SSSR count). The second kappa shape index (κ2) is 6.92. The smallest absolute Gasteiger partial charge is 0.293 e. The third-order valence-corrected chi connectivity index (χ3v) is 3.46. The van der Waals surface area contributed by atoms with Gasteiger partial charge < -0.3 is 14.4 Å². The molecular weight excluding hydrogens is 324 g/mol. The van der Waals surface area contributed by atoms with Crippen LogP contribution in [0.4, 0.5) is 5.69 Å². The molecule has 0 saturated carbocycles. The number of likely N-dealkylation sites (N-methyl/N-ethyl adjacent to an activating group) is 1. The topological polar surface area (TPSA) is 51.7 Å². The minimum absolute atomic E-state index is 0.318. The maximum absolute atomic E-state index is 9.60. The Bertz CT molecular complexity index is 472. The molecule has 0 radical (unpaired) electrons. The maximum Gasteiger partial charge on any atom is 0.293 e. The number of anilines is 1. The molecule has 6 heteroatoms. The van der Waals surface area contributed by atoms with E-state index in [0.29, 0.717) is 6.47 Å². The lowest BCUT2D eigenvalue weighted by Crippen LogP contribution is -2.30. The summed E-state index contributed by atoms with van der Waals surface area (Å²) in [7, 11) is 2.06. The van der Waals surface area contributed by atoms with E-state index in [2.05, 4.69) is 44.5 Å². The Morgan fingerprint density at radius 1 is 1.50 bits per heavy atom. The molecule has 0 spiro atoms. The van der Waals surface area contributed by atoms with Crippen LogP contribution in [-0.2, 0) is 9.53 Å². The van der Waals surface area contributed by atoms with Crippen molar-refractivity contribution in [3.63, 3.8) is 0 Å². The van der Waals surface area contributed by atoms with E-state index < -0.39 is 0 Å². The number of carbonyl (C=O) groups excluding carboxylic acids is 1. The molecule has 0 bridgehead atoms. The van der Waals surface area contributed by atoms with Crippen LogP contribution in [0, 0.1) is 6.92 Å². The predicted molar refractivity (Wildman–Crippen MR) is 82.3 cm³/mol. The Kier molecular flexibility index (Phi) is 5.80. The fraction of sp³-hybridized carbons (Fsp3) is 0.571. The van der Waals surface area contributed by atoms with Crippen LogP contribution in [0.15, 0.2) is 10.7 Å². The summed E-state index contributed by atoms with van der Waals surface area (Å²) in [5.74, 6) is 0.745. The molecule has 0 N–H and O–H groups in total. The Morgan fingerprint density at radius 3 is 2.65 bits per heavy atom. The molecule has 0 saturated heterocycles. The van der Waals surface area contributed by atoms with Crippen molar-refractivity contribution in [2.45, 2.75) is 33.3 Å². The van der Waals surface area contributed by atoms with Gasteiger partial charge in [-0.2, -0.15) is 0 Å². The number of nitrogens with zero attached hydrogens (tertiary/aromatic N) is 2. The lowest BCUT2D eigenvalue weighted by molar-refractivity contribution is -0.138. The normalized spacial score (nSPS) is 13.6. The van der Waals surface area contributed by atoms with Gasteiger partial charge in [-0.15, -0.1) is 0 Å². The molecule has 0 aromatic carbocycles. The zero-order valence-electron chi connectivity index (χ0n) is 12.6. The number of carbonyl (C=O) groups is 1. The molecule has 1 aromatic rings. The summed E-state index contributed by atoms with van der Waals surface area (Å²) in [5.41, 5.74) is 1.97. The first kappa shape index (κ1) is 16.8. The first-order chi connectivity index (χ1) is 9.26. The SMILES string of the molecule is CC(C)(C)OC=O.Cc1c(Br)cnc2c1N(C)CCO2. The fourth-order valence-electron chi connectivity index (χ4n) is 1.64. The molecule has 5 nitrogen and oxygen atoms in total. The van der Waals surface area contributed by atoms with Gasteiger partial charge in [0.15, 0.2) is 0 Å². The monoisotopic (exact) mass is 344 g/mol. The van der Waals surface area contributed by atoms with E-state index in [1.807, 2.05) is 20.8 Å². The van der Waals surface area contributed by atoms with Crippen LogP contribution in [-0.4, -0.2) is 37.3 Å². The van der Waals surface area contributed by atoms with Crippen LogP contribution in [0.1, 0.15) is 26.3 Å². The summed E-state index contributed by atoms with van der Waals surface area (Å²) in [6.07, 6.45) is 1.79. The van der Waals surface area contributed by atoms with Gasteiger partial charge in [-0.05, 0) is 49.2 Å². The Balaban J connectivity index is 0.000000246. The molecular formula is C14H21BrN2O3. The quantitative estimate of drug-likeness (QED) is 0.733. The van der Waals surface area contributed by atoms with E-state index in [9.17, 15) is 4.79 Å². The minimum atomic E-state index is -0.318. The highest BCUT2D eigenvalue weighted by molar-refractivity contribution is 9.10. The summed E-state index contributed by atoms with van der Waals surface area (Å²) in [6, 6.07) is 0. The third kappa shape index (κ3) is 4.67. The van der Waals surface area contributed by atoms with Crippen LogP contribution >= 0.6 is 15.9 Å². The first-order valence-electron chi connectivity index (χ1n) is 6.36. The van der Waals surface area contributed by atoms with Gasteiger partial charge in [0.25, 0.3) is 6.47 Å². The van der Waals surface area contributed by atoms with Crippen LogP contribution in [0.2, 0.25) is 0 Å². The summed E-state index contributed by atoms with van der Waals surface area (Å²) in [6.45, 7) is 9.63. The maximum atomic E-state index is 9.60. The number of pyridine rings is 1. The van der Waals surface area contributed by atoms with E-state index in [0.717, 1.165) is 29.2 Å². The Morgan fingerprint density at radius 2 is 2.15 bits per heavy atom. The highest BCUT2D eigenvalue weighted by atomic mass is 79.9. The van der Waals surface area contributed by atoms with Crippen molar-refractivity contribution in [1.29, 1.82) is 0 Å². The summed E-state index contributed by atoms with van der Waals surface area (Å²) < 4.78 is 11.0. The van der Waals surface area contributed by atoms with Gasteiger partial charge in [-0.3, -0.25) is 4.79 Å². The van der Waals surface area contributed by atoms with Crippen molar-refractivity contribution >= 4 is 28.1 Å². The second-order valence-electron chi connectivity index (χ2n) is 5.48. The third-order valence-electron chi connectivity index (χ3n) is 2.66. The van der Waals surface area contributed by atoms with Crippen molar-refractivity contribution in [2.24, 2.45) is 0 Å². The Labute approximate surface area is 128 Å². The van der Waals surface area contributed by atoms with Gasteiger partial charge >= 0.3 is 0 Å². The molecule has 1 aliphatic heterocycles. The molecule has 2 heterocycles. The lowest BCUT2D eigenvalue weighted by atomic mass is 10.2. The summed E-state index contributed by atoms with van der Waals surface area (Å²) in [4.78, 5) is 16.0. The molecule has 1 aliphatic rings. The highest BCUT2D eigenvalue weighted by Crippen LogP contribution is 2.35. The zero-order chi connectivity index (χ0) is 15.3. The van der Waals surface area contributed by atoms with Crippen LogP contribution in [0.25, 0.3) is 0 Å². The predicted octanol–water partition coefficient (Wildman–Crippen LogP) is 2.94. The van der Waals surface area contributed by atoms with Crippen molar-refractivity contribution in [3.05, 3.63) is 16.2 Å². The fourth-order valence-corrected chi connectivity index (χ4v) is 1.93. The first-order valence-corrected chi connectivity index (χ1v) is 7.16. The Hall–Kier alpha value is -1.30. The second-order valence-corrected chi connectivity index (χ2v) is 6.34. The van der Waals surface area contributed by atoms with Crippen molar-refractivity contribution in [1.82, 2.24) is 4.98 Å². The van der Waals surface area contributed by atoms with E-state index in [1.54, 1.807) is 6.20 Å². The zero-order valence-corrected chi connectivity index (χ0v) is 14.2. The van der Waals surface area contributed by atoms with Gasteiger partial charge in [-0.1, -0.05) is 0 Å². The standard InChI is InChI=1S/C9H11BrN2O.C5H10O2/c1-6-7(10)5-11-9-8(6)12(2)3-4-13-9;1-5(2,3)7-4-6/h5H,3-4H2,1-2H3;4H,1-3H3. The number of hydrogen-bond donors (Lipinski definition) is 0. The van der Waals surface area contributed by atoms with Gasteiger partial charge in [0.1, 0.15) is 17.9 Å². The largest absolute Gasteiger partial charge is 0.474 e. The number of rotatable bonds is 1. The highest BCUT2D eigenvalue weighted by Gasteiger charge is 2.19. The average molecular weight is 345 g/mol. The molecule has 0 atom stereocenters.